The van der Waals surface area contributed by atoms with Crippen LogP contribution < -0.4 is 10.6 Å². The van der Waals surface area contributed by atoms with Crippen LogP contribution >= 0.6 is 0 Å². The lowest BCUT2D eigenvalue weighted by Gasteiger charge is -2.09. The molecule has 1 atom stereocenters. The number of amides is 2. The molecule has 3 aromatic rings. The van der Waals surface area contributed by atoms with Gasteiger partial charge in [0.15, 0.2) is 5.82 Å². The molecule has 30 heavy (non-hydrogen) atoms. The van der Waals surface area contributed by atoms with Crippen LogP contribution in [-0.4, -0.2) is 28.1 Å². The lowest BCUT2D eigenvalue weighted by atomic mass is 10.0. The summed E-state index contributed by atoms with van der Waals surface area (Å²) in [4.78, 5) is 23.9. The van der Waals surface area contributed by atoms with E-state index in [0.717, 1.165) is 24.1 Å². The van der Waals surface area contributed by atoms with E-state index in [0.29, 0.717) is 18.1 Å². The molecule has 2 heterocycles. The van der Waals surface area contributed by atoms with Gasteiger partial charge in [-0.2, -0.15) is 0 Å². The third-order valence-electron chi connectivity index (χ3n) is 5.12. The number of aromatic nitrogens is 2. The minimum absolute atomic E-state index is 0.131. The fourth-order valence-electron chi connectivity index (χ4n) is 3.65. The number of benzene rings is 2. The van der Waals surface area contributed by atoms with Crippen LogP contribution in [0.15, 0.2) is 54.6 Å². The van der Waals surface area contributed by atoms with Crippen LogP contribution in [0, 0.1) is 11.7 Å². The number of anilines is 1. The highest BCUT2D eigenvalue weighted by atomic mass is 19.1. The Kier molecular flexibility index (Phi) is 5.61. The second-order valence-corrected chi connectivity index (χ2v) is 7.45. The van der Waals surface area contributed by atoms with Crippen LogP contribution in [-0.2, 0) is 16.0 Å². The van der Waals surface area contributed by atoms with Crippen LogP contribution in [0.4, 0.5) is 10.2 Å². The summed E-state index contributed by atoms with van der Waals surface area (Å²) in [5.74, 6) is -0.820. The Morgan fingerprint density at radius 3 is 2.80 bits per heavy atom. The number of carbonyl (C=O) groups is 2. The van der Waals surface area contributed by atoms with Crippen molar-refractivity contribution in [1.82, 2.24) is 15.1 Å². The summed E-state index contributed by atoms with van der Waals surface area (Å²) in [6, 6.07) is 16.0. The Morgan fingerprint density at radius 2 is 2.07 bits per heavy atom. The standard InChI is InChI=1S/C23H23FN4O2/c1-2-5-15-6-3-7-16(10-15)20-13-21(26-23(30)17-11-22(29)25-14-17)27-28(20)19-9-4-8-18(24)12-19/h3-4,6-10,12-13,17H,2,5,11,14H2,1H3,(H,25,29)(H,26,27,30)/t17-/m0/s1. The summed E-state index contributed by atoms with van der Waals surface area (Å²) in [5.41, 5.74) is 3.43. The molecule has 0 bridgehead atoms. The van der Waals surface area contributed by atoms with E-state index in [4.69, 9.17) is 0 Å². The van der Waals surface area contributed by atoms with E-state index < -0.39 is 5.92 Å². The molecule has 6 nitrogen and oxygen atoms in total. The van der Waals surface area contributed by atoms with Gasteiger partial charge >= 0.3 is 0 Å². The van der Waals surface area contributed by atoms with Crippen molar-refractivity contribution in [2.24, 2.45) is 5.92 Å². The van der Waals surface area contributed by atoms with Crippen molar-refractivity contribution in [1.29, 1.82) is 0 Å². The SMILES string of the molecule is CCCc1cccc(-c2cc(NC(=O)[C@@H]3CNC(=O)C3)nn2-c2cccc(F)c2)c1. The van der Waals surface area contributed by atoms with Gasteiger partial charge in [-0.25, -0.2) is 9.07 Å². The number of nitrogens with one attached hydrogen (secondary N) is 2. The van der Waals surface area contributed by atoms with Crippen LogP contribution in [0.1, 0.15) is 25.3 Å². The molecule has 2 amide bonds. The van der Waals surface area contributed by atoms with Crippen molar-refractivity contribution in [2.45, 2.75) is 26.2 Å². The monoisotopic (exact) mass is 406 g/mol. The van der Waals surface area contributed by atoms with Gasteiger partial charge in [-0.1, -0.05) is 37.6 Å². The van der Waals surface area contributed by atoms with Crippen LogP contribution in [0.25, 0.3) is 16.9 Å². The Hall–Kier alpha value is -3.48. The van der Waals surface area contributed by atoms with E-state index >= 15 is 0 Å². The number of hydrogen-bond donors (Lipinski definition) is 2. The van der Waals surface area contributed by atoms with Crippen molar-refractivity contribution < 1.29 is 14.0 Å². The topological polar surface area (TPSA) is 76.0 Å². The maximum absolute atomic E-state index is 13.9. The van der Waals surface area contributed by atoms with Crippen molar-refractivity contribution in [3.8, 4) is 16.9 Å². The largest absolute Gasteiger partial charge is 0.355 e. The van der Waals surface area contributed by atoms with Crippen molar-refractivity contribution in [2.75, 3.05) is 11.9 Å². The van der Waals surface area contributed by atoms with Crippen molar-refractivity contribution in [3.05, 3.63) is 66.0 Å². The first-order valence-corrected chi connectivity index (χ1v) is 10.1. The quantitative estimate of drug-likeness (QED) is 0.655. The number of carbonyl (C=O) groups excluding carboxylic acids is 2. The molecule has 0 aliphatic carbocycles. The third-order valence-corrected chi connectivity index (χ3v) is 5.12. The van der Waals surface area contributed by atoms with Gasteiger partial charge in [0.25, 0.3) is 0 Å². The fourth-order valence-corrected chi connectivity index (χ4v) is 3.65. The highest BCUT2D eigenvalue weighted by molar-refractivity contribution is 5.97. The highest BCUT2D eigenvalue weighted by Crippen LogP contribution is 2.28. The Bertz CT molecular complexity index is 1090. The molecule has 4 rings (SSSR count). The minimum atomic E-state index is -0.423. The average Bonchev–Trinajstić information content (AvgIpc) is 3.35. The first-order valence-electron chi connectivity index (χ1n) is 10.1. The molecule has 2 aromatic carbocycles. The molecule has 1 aromatic heterocycles. The molecule has 1 saturated heterocycles. The molecule has 154 valence electrons. The highest BCUT2D eigenvalue weighted by Gasteiger charge is 2.28. The molecular weight excluding hydrogens is 383 g/mol. The number of nitrogens with zero attached hydrogens (tertiary/aromatic N) is 2. The van der Waals surface area contributed by atoms with E-state index in [9.17, 15) is 14.0 Å². The smallest absolute Gasteiger partial charge is 0.230 e. The second-order valence-electron chi connectivity index (χ2n) is 7.45. The van der Waals surface area contributed by atoms with Gasteiger partial charge in [0, 0.05) is 24.6 Å². The summed E-state index contributed by atoms with van der Waals surface area (Å²) >= 11 is 0. The molecule has 2 N–H and O–H groups in total. The normalized spacial score (nSPS) is 15.8. The Morgan fingerprint density at radius 1 is 1.23 bits per heavy atom. The molecule has 1 fully saturated rings. The van der Waals surface area contributed by atoms with Crippen LogP contribution in [0.2, 0.25) is 0 Å². The first-order chi connectivity index (χ1) is 14.5. The molecule has 0 radical (unpaired) electrons. The van der Waals surface area contributed by atoms with Crippen LogP contribution in [0.3, 0.4) is 0 Å². The maximum Gasteiger partial charge on any atom is 0.230 e. The van der Waals surface area contributed by atoms with Crippen molar-refractivity contribution in [3.63, 3.8) is 0 Å². The summed E-state index contributed by atoms with van der Waals surface area (Å²) < 4.78 is 15.5. The summed E-state index contributed by atoms with van der Waals surface area (Å²) in [5, 5.41) is 9.98. The fraction of sp³-hybridized carbons (Fsp3) is 0.261. The molecule has 0 spiro atoms. The van der Waals surface area contributed by atoms with E-state index in [2.05, 4.69) is 34.8 Å². The van der Waals surface area contributed by atoms with E-state index in [-0.39, 0.29) is 24.1 Å². The predicted octanol–water partition coefficient (Wildman–Crippen LogP) is 3.71. The zero-order valence-corrected chi connectivity index (χ0v) is 16.7. The second kappa shape index (κ2) is 8.49. The zero-order chi connectivity index (χ0) is 21.1. The summed E-state index contributed by atoms with van der Waals surface area (Å²) in [6.45, 7) is 2.45. The van der Waals surface area contributed by atoms with Gasteiger partial charge in [0.2, 0.25) is 11.8 Å². The number of rotatable bonds is 6. The molecular formula is C23H23FN4O2. The van der Waals surface area contributed by atoms with Gasteiger partial charge in [0.05, 0.1) is 17.3 Å². The predicted molar refractivity (Wildman–Crippen MR) is 113 cm³/mol. The number of halogens is 1. The molecule has 0 unspecified atom stereocenters. The molecule has 7 heteroatoms. The number of aryl methyl sites for hydroxylation is 1. The molecule has 1 aliphatic heterocycles. The van der Waals surface area contributed by atoms with E-state index in [1.165, 1.54) is 17.7 Å². The first kappa shape index (κ1) is 19.8. The van der Waals surface area contributed by atoms with Gasteiger partial charge in [-0.3, -0.25) is 9.59 Å². The summed E-state index contributed by atoms with van der Waals surface area (Å²) in [6.07, 6.45) is 2.15. The molecule has 0 saturated carbocycles. The maximum atomic E-state index is 13.9. The van der Waals surface area contributed by atoms with E-state index in [1.807, 2.05) is 12.1 Å². The Balaban J connectivity index is 1.71. The average molecular weight is 406 g/mol. The molecule has 1 aliphatic rings. The van der Waals surface area contributed by atoms with Gasteiger partial charge in [-0.15, -0.1) is 5.10 Å². The summed E-state index contributed by atoms with van der Waals surface area (Å²) in [7, 11) is 0. The lowest BCUT2D eigenvalue weighted by molar-refractivity contribution is -0.123. The third kappa shape index (κ3) is 4.25. The van der Waals surface area contributed by atoms with E-state index in [1.54, 1.807) is 22.9 Å². The zero-order valence-electron chi connectivity index (χ0n) is 16.7. The van der Waals surface area contributed by atoms with Crippen LogP contribution in [0.5, 0.6) is 0 Å². The van der Waals surface area contributed by atoms with Gasteiger partial charge in [0.1, 0.15) is 5.82 Å². The van der Waals surface area contributed by atoms with Crippen molar-refractivity contribution >= 4 is 17.6 Å². The Labute approximate surface area is 174 Å². The van der Waals surface area contributed by atoms with Gasteiger partial charge < -0.3 is 10.6 Å². The minimum Gasteiger partial charge on any atom is -0.355 e. The number of hydrogen-bond acceptors (Lipinski definition) is 3. The lowest BCUT2D eigenvalue weighted by Crippen LogP contribution is -2.24. The van der Waals surface area contributed by atoms with Gasteiger partial charge in [-0.05, 0) is 36.2 Å².